The molecule has 3 aliphatic heterocycles. The molecule has 3 heterocycles. The van der Waals surface area contributed by atoms with Crippen molar-refractivity contribution in [3.8, 4) is 0 Å². The van der Waals surface area contributed by atoms with Crippen LogP contribution in [0.4, 0.5) is 4.39 Å². The van der Waals surface area contributed by atoms with Crippen molar-refractivity contribution in [1.82, 2.24) is 9.80 Å². The molecule has 0 N–H and O–H groups in total. The van der Waals surface area contributed by atoms with Crippen LogP contribution in [0.2, 0.25) is 0 Å². The zero-order valence-corrected chi connectivity index (χ0v) is 14.5. The first-order valence-corrected chi connectivity index (χ1v) is 9.50. The second kappa shape index (κ2) is 5.76. The highest BCUT2D eigenvalue weighted by molar-refractivity contribution is 8.01. The number of hydrogen-bond acceptors (Lipinski definition) is 3. The van der Waals surface area contributed by atoms with Gasteiger partial charge in [0.1, 0.15) is 11.9 Å². The van der Waals surface area contributed by atoms with Crippen LogP contribution in [0.15, 0.2) is 24.3 Å². The van der Waals surface area contributed by atoms with Crippen LogP contribution in [0, 0.1) is 5.82 Å². The van der Waals surface area contributed by atoms with Crippen LogP contribution in [0.25, 0.3) is 0 Å². The summed E-state index contributed by atoms with van der Waals surface area (Å²) in [5.41, 5.74) is 0.975. The Morgan fingerprint density at radius 1 is 1.33 bits per heavy atom. The molecule has 128 valence electrons. The Hall–Kier alpha value is -1.56. The zero-order valence-electron chi connectivity index (χ0n) is 13.7. The van der Waals surface area contributed by atoms with Crippen molar-refractivity contribution < 1.29 is 14.0 Å². The number of nitrogens with zero attached hydrogens (tertiary/aromatic N) is 2. The lowest BCUT2D eigenvalue weighted by molar-refractivity contribution is -0.144. The Bertz CT molecular complexity index is 680. The summed E-state index contributed by atoms with van der Waals surface area (Å²) < 4.78 is 13.2. The van der Waals surface area contributed by atoms with Gasteiger partial charge in [-0.2, -0.15) is 0 Å². The summed E-state index contributed by atoms with van der Waals surface area (Å²) in [6.45, 7) is 2.78. The van der Waals surface area contributed by atoms with Crippen LogP contribution in [0.3, 0.4) is 0 Å². The first-order chi connectivity index (χ1) is 11.5. The van der Waals surface area contributed by atoms with Gasteiger partial charge in [-0.1, -0.05) is 12.1 Å². The Labute approximate surface area is 145 Å². The summed E-state index contributed by atoms with van der Waals surface area (Å²) in [7, 11) is 0. The van der Waals surface area contributed by atoms with Gasteiger partial charge in [-0.3, -0.25) is 9.59 Å². The molecule has 3 saturated heterocycles. The molecule has 0 aliphatic carbocycles. The maximum atomic E-state index is 13.2. The standard InChI is InChI=1S/C18H21FN2O2S/c1-18-9-8-16(22)21(18)15(11-24-18)17(23)20-10-2-3-14(20)12-4-6-13(19)7-5-12/h4-7,14-15H,2-3,8-11H2,1H3/t14-,15-,18+/m1/s1. The molecule has 3 aliphatic rings. The van der Waals surface area contributed by atoms with E-state index >= 15 is 0 Å². The minimum absolute atomic E-state index is 0.00680. The van der Waals surface area contributed by atoms with Gasteiger partial charge >= 0.3 is 0 Å². The highest BCUT2D eigenvalue weighted by Gasteiger charge is 2.54. The second-order valence-corrected chi connectivity index (χ2v) is 8.51. The van der Waals surface area contributed by atoms with Gasteiger partial charge in [0.25, 0.3) is 0 Å². The molecular weight excluding hydrogens is 327 g/mol. The lowest BCUT2D eigenvalue weighted by Crippen LogP contribution is -2.51. The van der Waals surface area contributed by atoms with Crippen molar-refractivity contribution >= 4 is 23.6 Å². The van der Waals surface area contributed by atoms with E-state index in [1.165, 1.54) is 12.1 Å². The summed E-state index contributed by atoms with van der Waals surface area (Å²) in [6.07, 6.45) is 3.19. The molecule has 4 nitrogen and oxygen atoms in total. The molecule has 0 saturated carbocycles. The number of fused-ring (bicyclic) bond motifs is 1. The first-order valence-electron chi connectivity index (χ1n) is 8.52. The fraction of sp³-hybridized carbons (Fsp3) is 0.556. The van der Waals surface area contributed by atoms with Gasteiger partial charge in [-0.05, 0) is 43.9 Å². The van der Waals surface area contributed by atoms with Crippen molar-refractivity contribution in [1.29, 1.82) is 0 Å². The average Bonchev–Trinajstić information content (AvgIpc) is 3.24. The van der Waals surface area contributed by atoms with Gasteiger partial charge in [0.2, 0.25) is 11.8 Å². The van der Waals surface area contributed by atoms with Crippen LogP contribution in [-0.4, -0.2) is 44.8 Å². The van der Waals surface area contributed by atoms with E-state index in [1.807, 2.05) is 9.80 Å². The number of carbonyl (C=O) groups is 2. The summed E-state index contributed by atoms with van der Waals surface area (Å²) in [5.74, 6) is 0.556. The molecule has 6 heteroatoms. The molecule has 1 aromatic carbocycles. The molecule has 3 fully saturated rings. The lowest BCUT2D eigenvalue weighted by atomic mass is 10.0. The Morgan fingerprint density at radius 2 is 2.08 bits per heavy atom. The molecule has 1 aromatic rings. The number of likely N-dealkylation sites (tertiary alicyclic amines) is 1. The summed E-state index contributed by atoms with van der Waals surface area (Å²) >= 11 is 1.72. The van der Waals surface area contributed by atoms with Gasteiger partial charge in [0.05, 0.1) is 10.9 Å². The molecule has 3 atom stereocenters. The maximum Gasteiger partial charge on any atom is 0.246 e. The molecule has 24 heavy (non-hydrogen) atoms. The highest BCUT2D eigenvalue weighted by atomic mass is 32.2. The third kappa shape index (κ3) is 2.42. The van der Waals surface area contributed by atoms with Gasteiger partial charge in [0, 0.05) is 18.7 Å². The quantitative estimate of drug-likeness (QED) is 0.825. The van der Waals surface area contributed by atoms with E-state index in [0.717, 1.165) is 24.8 Å². The third-order valence-electron chi connectivity index (χ3n) is 5.52. The SMILES string of the molecule is C[C@]12CCC(=O)N1[C@@H](C(=O)N1CCC[C@@H]1c1ccc(F)cc1)CS2. The molecule has 2 amide bonds. The minimum atomic E-state index is -0.351. The molecular formula is C18H21FN2O2S. The third-order valence-corrected chi connectivity index (χ3v) is 7.03. The maximum absolute atomic E-state index is 13.2. The summed E-state index contributed by atoms with van der Waals surface area (Å²) in [5, 5.41) is 0. The Kier molecular flexibility index (Phi) is 3.82. The van der Waals surface area contributed by atoms with E-state index in [9.17, 15) is 14.0 Å². The van der Waals surface area contributed by atoms with Crippen LogP contribution in [-0.2, 0) is 9.59 Å². The summed E-state index contributed by atoms with van der Waals surface area (Å²) in [6, 6.07) is 6.06. The van der Waals surface area contributed by atoms with E-state index in [4.69, 9.17) is 0 Å². The average molecular weight is 348 g/mol. The molecule has 4 rings (SSSR count). The van der Waals surface area contributed by atoms with Crippen molar-refractivity contribution in [3.63, 3.8) is 0 Å². The molecule has 0 spiro atoms. The largest absolute Gasteiger partial charge is 0.334 e. The number of amides is 2. The zero-order chi connectivity index (χ0) is 16.9. The number of rotatable bonds is 2. The fourth-order valence-electron chi connectivity index (χ4n) is 4.26. The van der Waals surface area contributed by atoms with Crippen LogP contribution < -0.4 is 0 Å². The number of thioether (sulfide) groups is 1. The van der Waals surface area contributed by atoms with E-state index in [2.05, 4.69) is 6.92 Å². The first kappa shape index (κ1) is 15.9. The number of hydrogen-bond donors (Lipinski definition) is 0. The van der Waals surface area contributed by atoms with Gasteiger partial charge in [-0.15, -0.1) is 11.8 Å². The Balaban J connectivity index is 1.57. The van der Waals surface area contributed by atoms with E-state index in [1.54, 1.807) is 23.9 Å². The smallest absolute Gasteiger partial charge is 0.246 e. The van der Waals surface area contributed by atoms with Crippen molar-refractivity contribution in [2.75, 3.05) is 12.3 Å². The summed E-state index contributed by atoms with van der Waals surface area (Å²) in [4.78, 5) is 29.0. The Morgan fingerprint density at radius 3 is 2.83 bits per heavy atom. The fourth-order valence-corrected chi connectivity index (χ4v) is 5.68. The second-order valence-electron chi connectivity index (χ2n) is 7.01. The van der Waals surface area contributed by atoms with E-state index < -0.39 is 0 Å². The normalized spacial score (nSPS) is 32.5. The van der Waals surface area contributed by atoms with Crippen LogP contribution in [0.1, 0.15) is 44.2 Å². The van der Waals surface area contributed by atoms with Crippen LogP contribution >= 0.6 is 11.8 Å². The number of benzene rings is 1. The van der Waals surface area contributed by atoms with Crippen molar-refractivity contribution in [2.24, 2.45) is 0 Å². The van der Waals surface area contributed by atoms with Crippen molar-refractivity contribution in [3.05, 3.63) is 35.6 Å². The molecule has 0 radical (unpaired) electrons. The predicted octanol–water partition coefficient (Wildman–Crippen LogP) is 2.94. The van der Waals surface area contributed by atoms with Gasteiger partial charge in [-0.25, -0.2) is 4.39 Å². The van der Waals surface area contributed by atoms with E-state index in [-0.39, 0.29) is 34.6 Å². The van der Waals surface area contributed by atoms with Gasteiger partial charge in [0.15, 0.2) is 0 Å². The lowest BCUT2D eigenvalue weighted by Gasteiger charge is -2.34. The topological polar surface area (TPSA) is 40.6 Å². The van der Waals surface area contributed by atoms with E-state index in [0.29, 0.717) is 18.7 Å². The number of halogens is 1. The minimum Gasteiger partial charge on any atom is -0.334 e. The van der Waals surface area contributed by atoms with Crippen LogP contribution in [0.5, 0.6) is 0 Å². The predicted molar refractivity (Wildman–Crippen MR) is 90.8 cm³/mol. The molecule has 0 aromatic heterocycles. The number of carbonyl (C=O) groups excluding carboxylic acids is 2. The monoisotopic (exact) mass is 348 g/mol. The molecule has 0 unspecified atom stereocenters. The highest BCUT2D eigenvalue weighted by Crippen LogP contribution is 2.48. The molecule has 0 bridgehead atoms. The van der Waals surface area contributed by atoms with Crippen molar-refractivity contribution in [2.45, 2.75) is 49.6 Å². The van der Waals surface area contributed by atoms with Gasteiger partial charge < -0.3 is 9.80 Å².